The third-order valence-corrected chi connectivity index (χ3v) is 4.59. The molecule has 2 heterocycles. The van der Waals surface area contributed by atoms with Gasteiger partial charge in [-0.3, -0.25) is 9.59 Å². The number of benzene rings is 2. The molecule has 0 aliphatic carbocycles. The number of para-hydroxylation sites is 2. The van der Waals surface area contributed by atoms with Crippen LogP contribution < -0.4 is 4.90 Å². The molecular weight excluding hydrogens is 308 g/mol. The van der Waals surface area contributed by atoms with Crippen LogP contribution in [0, 0.1) is 0 Å². The standard InChI is InChI=1S/C18H12N2O2S/c21-17-16(10-12-11-19-15-9-5-4-8-14(12)15)23-18(22)20(17)13-6-2-1-3-7-13/h1-11,19H/b16-10-. The van der Waals surface area contributed by atoms with Crippen molar-refractivity contribution in [3.63, 3.8) is 0 Å². The minimum Gasteiger partial charge on any atom is -0.361 e. The van der Waals surface area contributed by atoms with Crippen molar-refractivity contribution in [3.8, 4) is 0 Å². The Bertz CT molecular complexity index is 944. The third kappa shape index (κ3) is 2.35. The minimum absolute atomic E-state index is 0.271. The average molecular weight is 320 g/mol. The van der Waals surface area contributed by atoms with Crippen LogP contribution in [0.25, 0.3) is 17.0 Å². The van der Waals surface area contributed by atoms with Crippen molar-refractivity contribution in [2.75, 3.05) is 4.90 Å². The molecule has 0 spiro atoms. The second-order valence-electron chi connectivity index (χ2n) is 5.14. The van der Waals surface area contributed by atoms with Crippen molar-refractivity contribution >= 4 is 45.6 Å². The van der Waals surface area contributed by atoms with E-state index < -0.39 is 0 Å². The monoisotopic (exact) mass is 320 g/mol. The molecule has 2 aromatic carbocycles. The highest BCUT2D eigenvalue weighted by Gasteiger charge is 2.36. The number of anilines is 1. The van der Waals surface area contributed by atoms with Crippen LogP contribution in [-0.4, -0.2) is 16.1 Å². The molecule has 1 aromatic heterocycles. The number of aromatic amines is 1. The van der Waals surface area contributed by atoms with Crippen molar-refractivity contribution < 1.29 is 9.59 Å². The normalized spacial score (nSPS) is 16.7. The molecule has 4 nitrogen and oxygen atoms in total. The molecule has 1 saturated heterocycles. The molecule has 1 N–H and O–H groups in total. The molecule has 3 aromatic rings. The van der Waals surface area contributed by atoms with Crippen LogP contribution in [0.15, 0.2) is 65.7 Å². The van der Waals surface area contributed by atoms with Crippen LogP contribution in [0.3, 0.4) is 0 Å². The SMILES string of the molecule is O=C1S/C(=C\c2c[nH]c3ccccc23)C(=O)N1c1ccccc1. The number of hydrogen-bond donors (Lipinski definition) is 1. The first-order chi connectivity index (χ1) is 11.2. The number of aromatic nitrogens is 1. The second kappa shape index (κ2) is 5.44. The number of hydrogen-bond acceptors (Lipinski definition) is 3. The van der Waals surface area contributed by atoms with E-state index in [1.54, 1.807) is 18.2 Å². The molecular formula is C18H12N2O2S. The predicted octanol–water partition coefficient (Wildman–Crippen LogP) is 4.41. The number of rotatable bonds is 2. The molecule has 23 heavy (non-hydrogen) atoms. The van der Waals surface area contributed by atoms with Gasteiger partial charge in [0.2, 0.25) is 0 Å². The highest BCUT2D eigenvalue weighted by atomic mass is 32.2. The molecule has 0 saturated carbocycles. The van der Waals surface area contributed by atoms with Gasteiger partial charge in [-0.2, -0.15) is 0 Å². The summed E-state index contributed by atoms with van der Waals surface area (Å²) >= 11 is 0.968. The summed E-state index contributed by atoms with van der Waals surface area (Å²) in [5, 5.41) is 0.756. The van der Waals surface area contributed by atoms with Gasteiger partial charge >= 0.3 is 0 Å². The number of carbonyl (C=O) groups excluding carboxylic acids is 2. The van der Waals surface area contributed by atoms with Crippen LogP contribution in [0.1, 0.15) is 5.56 Å². The van der Waals surface area contributed by atoms with Crippen LogP contribution >= 0.6 is 11.8 Å². The highest BCUT2D eigenvalue weighted by molar-refractivity contribution is 8.19. The van der Waals surface area contributed by atoms with Crippen LogP contribution in [0.4, 0.5) is 10.5 Å². The molecule has 0 unspecified atom stereocenters. The van der Waals surface area contributed by atoms with Gasteiger partial charge in [-0.25, -0.2) is 4.90 Å². The van der Waals surface area contributed by atoms with Gasteiger partial charge < -0.3 is 4.98 Å². The number of amides is 2. The Hall–Kier alpha value is -2.79. The van der Waals surface area contributed by atoms with E-state index in [2.05, 4.69) is 4.98 Å². The fourth-order valence-electron chi connectivity index (χ4n) is 2.62. The number of imide groups is 1. The smallest absolute Gasteiger partial charge is 0.298 e. The molecule has 0 radical (unpaired) electrons. The molecule has 112 valence electrons. The van der Waals surface area contributed by atoms with Gasteiger partial charge in [0, 0.05) is 22.7 Å². The number of nitrogens with one attached hydrogen (secondary N) is 1. The molecule has 0 atom stereocenters. The summed E-state index contributed by atoms with van der Waals surface area (Å²) in [6, 6.07) is 16.8. The fraction of sp³-hybridized carbons (Fsp3) is 0. The van der Waals surface area contributed by atoms with E-state index in [1.165, 1.54) is 4.90 Å². The zero-order chi connectivity index (χ0) is 15.8. The van der Waals surface area contributed by atoms with Gasteiger partial charge in [0.15, 0.2) is 0 Å². The average Bonchev–Trinajstić information content (AvgIpc) is 3.10. The Morgan fingerprint density at radius 2 is 1.70 bits per heavy atom. The van der Waals surface area contributed by atoms with Crippen LogP contribution in [-0.2, 0) is 4.79 Å². The highest BCUT2D eigenvalue weighted by Crippen LogP contribution is 2.36. The van der Waals surface area contributed by atoms with Crippen molar-refractivity contribution in [1.29, 1.82) is 0 Å². The van der Waals surface area contributed by atoms with E-state index in [0.29, 0.717) is 10.6 Å². The largest absolute Gasteiger partial charge is 0.361 e. The van der Waals surface area contributed by atoms with Crippen LogP contribution in [0.5, 0.6) is 0 Å². The van der Waals surface area contributed by atoms with Gasteiger partial charge in [0.05, 0.1) is 10.6 Å². The lowest BCUT2D eigenvalue weighted by molar-refractivity contribution is -0.113. The summed E-state index contributed by atoms with van der Waals surface area (Å²) in [7, 11) is 0. The van der Waals surface area contributed by atoms with E-state index in [9.17, 15) is 9.59 Å². The maximum atomic E-state index is 12.6. The van der Waals surface area contributed by atoms with Gasteiger partial charge in [0.25, 0.3) is 11.1 Å². The number of carbonyl (C=O) groups is 2. The van der Waals surface area contributed by atoms with Crippen molar-refractivity contribution in [1.82, 2.24) is 4.98 Å². The zero-order valence-electron chi connectivity index (χ0n) is 12.0. The Kier molecular flexibility index (Phi) is 3.28. The topological polar surface area (TPSA) is 53.2 Å². The Balaban J connectivity index is 1.73. The van der Waals surface area contributed by atoms with Crippen LogP contribution in [0.2, 0.25) is 0 Å². The first-order valence-corrected chi connectivity index (χ1v) is 7.95. The molecule has 1 fully saturated rings. The summed E-state index contributed by atoms with van der Waals surface area (Å²) in [5.74, 6) is -0.281. The fourth-order valence-corrected chi connectivity index (χ4v) is 3.45. The molecule has 5 heteroatoms. The van der Waals surface area contributed by atoms with Gasteiger partial charge in [0.1, 0.15) is 0 Å². The van der Waals surface area contributed by atoms with E-state index in [-0.39, 0.29) is 11.1 Å². The molecule has 1 aliphatic heterocycles. The van der Waals surface area contributed by atoms with E-state index in [4.69, 9.17) is 0 Å². The maximum absolute atomic E-state index is 12.6. The van der Waals surface area contributed by atoms with Crippen molar-refractivity contribution in [2.24, 2.45) is 0 Å². The minimum atomic E-state index is -0.281. The third-order valence-electron chi connectivity index (χ3n) is 3.72. The lowest BCUT2D eigenvalue weighted by Gasteiger charge is -2.11. The summed E-state index contributed by atoms with van der Waals surface area (Å²) < 4.78 is 0. The number of nitrogens with zero attached hydrogens (tertiary/aromatic N) is 1. The molecule has 1 aliphatic rings. The van der Waals surface area contributed by atoms with E-state index in [0.717, 1.165) is 28.2 Å². The predicted molar refractivity (Wildman–Crippen MR) is 93.2 cm³/mol. The summed E-state index contributed by atoms with van der Waals surface area (Å²) in [6.07, 6.45) is 3.62. The maximum Gasteiger partial charge on any atom is 0.298 e. The van der Waals surface area contributed by atoms with Crippen molar-refractivity contribution in [3.05, 3.63) is 71.3 Å². The number of fused-ring (bicyclic) bond motifs is 1. The lowest BCUT2D eigenvalue weighted by atomic mass is 10.1. The van der Waals surface area contributed by atoms with Gasteiger partial charge in [-0.1, -0.05) is 36.4 Å². The Morgan fingerprint density at radius 3 is 2.52 bits per heavy atom. The second-order valence-corrected chi connectivity index (χ2v) is 6.14. The summed E-state index contributed by atoms with van der Waals surface area (Å²) in [6.45, 7) is 0. The Labute approximate surface area is 136 Å². The molecule has 2 amide bonds. The number of H-pyrrole nitrogens is 1. The van der Waals surface area contributed by atoms with E-state index >= 15 is 0 Å². The first-order valence-electron chi connectivity index (χ1n) is 7.13. The summed E-state index contributed by atoms with van der Waals surface area (Å²) in [4.78, 5) is 29.6. The van der Waals surface area contributed by atoms with Gasteiger partial charge in [-0.05, 0) is 36.0 Å². The summed E-state index contributed by atoms with van der Waals surface area (Å²) in [5.41, 5.74) is 2.50. The van der Waals surface area contributed by atoms with Gasteiger partial charge in [-0.15, -0.1) is 0 Å². The van der Waals surface area contributed by atoms with E-state index in [1.807, 2.05) is 48.7 Å². The first kappa shape index (κ1) is 13.8. The quantitative estimate of drug-likeness (QED) is 0.712. The number of thioether (sulfide) groups is 1. The van der Waals surface area contributed by atoms with Crippen molar-refractivity contribution in [2.45, 2.75) is 0 Å². The zero-order valence-corrected chi connectivity index (χ0v) is 12.8. The molecule has 4 rings (SSSR count). The Morgan fingerprint density at radius 1 is 0.957 bits per heavy atom. The lowest BCUT2D eigenvalue weighted by Crippen LogP contribution is -2.27. The molecule has 0 bridgehead atoms.